The van der Waals surface area contributed by atoms with Gasteiger partial charge >= 0.3 is 0 Å². The number of aryl methyl sites for hydroxylation is 2. The summed E-state index contributed by atoms with van der Waals surface area (Å²) in [5.74, 6) is -0.117. The van der Waals surface area contributed by atoms with Gasteiger partial charge in [0.15, 0.2) is 11.6 Å². The zero-order chi connectivity index (χ0) is 18.5. The van der Waals surface area contributed by atoms with Gasteiger partial charge in [-0.2, -0.15) is 0 Å². The molecule has 1 heterocycles. The van der Waals surface area contributed by atoms with Crippen LogP contribution in [0.1, 0.15) is 11.1 Å². The Hall–Kier alpha value is -3.86. The maximum absolute atomic E-state index is 8.78. The van der Waals surface area contributed by atoms with E-state index in [2.05, 4.69) is 30.0 Å². The fraction of sp³-hybridized carbons (Fsp3) is 0.111. The third kappa shape index (κ3) is 3.47. The smallest absolute Gasteiger partial charge is 0.155 e. The Balaban J connectivity index is 2.32. The Morgan fingerprint density at radius 3 is 1.31 bits per heavy atom. The molecule has 0 bridgehead atoms. The summed E-state index contributed by atoms with van der Waals surface area (Å²) in [5, 5.41) is 7.04. The predicted octanol–water partition coefficient (Wildman–Crippen LogP) is 6.31. The zero-order valence-corrected chi connectivity index (χ0v) is 14.2. The number of nitrogens with zero attached hydrogens (tertiary/aromatic N) is 8. The fourth-order valence-corrected chi connectivity index (χ4v) is 2.46. The summed E-state index contributed by atoms with van der Waals surface area (Å²) in [6.07, 6.45) is 0. The molecule has 0 amide bonds. The number of aromatic nitrogens is 2. The molecule has 8 heteroatoms. The molecule has 0 unspecified atom stereocenters. The van der Waals surface area contributed by atoms with Crippen molar-refractivity contribution in [2.45, 2.75) is 13.8 Å². The molecule has 0 N–H and O–H groups in total. The van der Waals surface area contributed by atoms with E-state index in [1.807, 2.05) is 62.4 Å². The van der Waals surface area contributed by atoms with Crippen LogP contribution in [-0.2, 0) is 0 Å². The highest BCUT2D eigenvalue weighted by Gasteiger charge is 2.15. The molecule has 3 rings (SSSR count). The molecule has 0 fully saturated rings. The van der Waals surface area contributed by atoms with E-state index >= 15 is 0 Å². The van der Waals surface area contributed by atoms with E-state index in [-0.39, 0.29) is 11.6 Å². The Kier molecular flexibility index (Phi) is 4.80. The molecule has 2 aromatic carbocycles. The van der Waals surface area contributed by atoms with Crippen molar-refractivity contribution < 1.29 is 0 Å². The number of hydrogen-bond donors (Lipinski definition) is 0. The summed E-state index contributed by atoms with van der Waals surface area (Å²) < 4.78 is 0. The van der Waals surface area contributed by atoms with Gasteiger partial charge < -0.3 is 0 Å². The van der Waals surface area contributed by atoms with Gasteiger partial charge in [0.05, 0.1) is 11.4 Å². The van der Waals surface area contributed by atoms with Gasteiger partial charge in [0.25, 0.3) is 0 Å². The average molecular weight is 342 g/mol. The molecular formula is C18H14N8. The minimum Gasteiger partial charge on any atom is -0.242 e. The van der Waals surface area contributed by atoms with E-state index in [4.69, 9.17) is 11.1 Å². The summed E-state index contributed by atoms with van der Waals surface area (Å²) >= 11 is 0. The normalized spacial score (nSPS) is 9.92. The Morgan fingerprint density at radius 1 is 0.654 bits per heavy atom. The van der Waals surface area contributed by atoms with E-state index in [1.54, 1.807) is 0 Å². The van der Waals surface area contributed by atoms with Crippen LogP contribution in [0.25, 0.3) is 43.4 Å². The molecule has 0 aliphatic heterocycles. The van der Waals surface area contributed by atoms with Gasteiger partial charge in [0, 0.05) is 21.0 Å². The van der Waals surface area contributed by atoms with Gasteiger partial charge in [-0.3, -0.25) is 0 Å². The van der Waals surface area contributed by atoms with Gasteiger partial charge in [-0.15, -0.1) is 0 Å². The highest BCUT2D eigenvalue weighted by Crippen LogP contribution is 2.35. The molecule has 3 aromatic rings. The molecular weight excluding hydrogens is 328 g/mol. The van der Waals surface area contributed by atoms with Crippen molar-refractivity contribution in [3.8, 4) is 22.5 Å². The molecule has 26 heavy (non-hydrogen) atoms. The van der Waals surface area contributed by atoms with Crippen LogP contribution in [0.3, 0.4) is 0 Å². The van der Waals surface area contributed by atoms with Crippen LogP contribution in [0.15, 0.2) is 58.8 Å². The third-order valence-corrected chi connectivity index (χ3v) is 3.79. The zero-order valence-electron chi connectivity index (χ0n) is 14.2. The average Bonchev–Trinajstić information content (AvgIpc) is 2.65. The van der Waals surface area contributed by atoms with Crippen LogP contribution in [0.2, 0.25) is 0 Å². The minimum absolute atomic E-state index is 0.0586. The van der Waals surface area contributed by atoms with Crippen molar-refractivity contribution >= 4 is 11.6 Å². The molecule has 0 saturated carbocycles. The van der Waals surface area contributed by atoms with Gasteiger partial charge in [0.1, 0.15) is 0 Å². The van der Waals surface area contributed by atoms with Crippen LogP contribution < -0.4 is 0 Å². The molecule has 0 radical (unpaired) electrons. The van der Waals surface area contributed by atoms with Gasteiger partial charge in [0.2, 0.25) is 0 Å². The Morgan fingerprint density at radius 2 is 1.00 bits per heavy atom. The first-order valence-electron chi connectivity index (χ1n) is 7.78. The predicted molar refractivity (Wildman–Crippen MR) is 100.0 cm³/mol. The van der Waals surface area contributed by atoms with Gasteiger partial charge in [-0.1, -0.05) is 59.7 Å². The molecule has 1 aromatic heterocycles. The highest BCUT2D eigenvalue weighted by atomic mass is 15.2. The number of benzene rings is 2. The standard InChI is InChI=1S/C18H14N8/c1-11-3-7-13(8-4-11)15-16(14-9-5-12(2)6-10-14)22-18(24-26-20)17(21-15)23-25-19/h3-10H,1-2H3. The lowest BCUT2D eigenvalue weighted by atomic mass is 10.0. The molecule has 8 nitrogen and oxygen atoms in total. The van der Waals surface area contributed by atoms with Crippen LogP contribution >= 0.6 is 0 Å². The number of azide groups is 2. The van der Waals surface area contributed by atoms with Crippen LogP contribution in [-0.4, -0.2) is 9.97 Å². The molecule has 126 valence electrons. The lowest BCUT2D eigenvalue weighted by Crippen LogP contribution is -1.94. The van der Waals surface area contributed by atoms with Crippen LogP contribution in [0.5, 0.6) is 0 Å². The van der Waals surface area contributed by atoms with E-state index in [1.165, 1.54) is 0 Å². The summed E-state index contributed by atoms with van der Waals surface area (Å²) in [5.41, 5.74) is 22.5. The first-order chi connectivity index (χ1) is 12.6. The SMILES string of the molecule is Cc1ccc(-c2nc(N=[N+]=[N-])c(N=[N+]=[N-])nc2-c2ccc(C)cc2)cc1. The van der Waals surface area contributed by atoms with Gasteiger partial charge in [-0.05, 0) is 35.1 Å². The topological polar surface area (TPSA) is 123 Å². The first kappa shape index (κ1) is 17.0. The Bertz CT molecular complexity index is 955. The van der Waals surface area contributed by atoms with Crippen molar-refractivity contribution in [2.75, 3.05) is 0 Å². The van der Waals surface area contributed by atoms with Crippen LogP contribution in [0, 0.1) is 13.8 Å². The summed E-state index contributed by atoms with van der Waals surface area (Å²) in [7, 11) is 0. The lowest BCUT2D eigenvalue weighted by molar-refractivity contribution is 1.15. The maximum Gasteiger partial charge on any atom is 0.155 e. The van der Waals surface area contributed by atoms with Crippen LogP contribution in [0.4, 0.5) is 11.6 Å². The second-order valence-corrected chi connectivity index (χ2v) is 5.68. The van der Waals surface area contributed by atoms with Crippen molar-refractivity contribution in [2.24, 2.45) is 10.2 Å². The molecule has 0 atom stereocenters. The first-order valence-corrected chi connectivity index (χ1v) is 7.78. The highest BCUT2D eigenvalue weighted by molar-refractivity contribution is 5.80. The summed E-state index contributed by atoms with van der Waals surface area (Å²) in [6, 6.07) is 15.5. The largest absolute Gasteiger partial charge is 0.242 e. The number of rotatable bonds is 4. The van der Waals surface area contributed by atoms with E-state index in [9.17, 15) is 0 Å². The van der Waals surface area contributed by atoms with E-state index in [0.717, 1.165) is 22.3 Å². The monoisotopic (exact) mass is 342 g/mol. The van der Waals surface area contributed by atoms with Crippen molar-refractivity contribution in [3.05, 3.63) is 80.5 Å². The minimum atomic E-state index is -0.0586. The lowest BCUT2D eigenvalue weighted by Gasteiger charge is -2.11. The van der Waals surface area contributed by atoms with Crippen molar-refractivity contribution in [1.82, 2.24) is 9.97 Å². The quantitative estimate of drug-likeness (QED) is 0.313. The third-order valence-electron chi connectivity index (χ3n) is 3.79. The second kappa shape index (κ2) is 7.36. The molecule has 0 saturated heterocycles. The Labute approximate surface area is 149 Å². The summed E-state index contributed by atoms with van der Waals surface area (Å²) in [6.45, 7) is 3.99. The summed E-state index contributed by atoms with van der Waals surface area (Å²) in [4.78, 5) is 14.4. The van der Waals surface area contributed by atoms with Crippen molar-refractivity contribution in [3.63, 3.8) is 0 Å². The fourth-order valence-electron chi connectivity index (χ4n) is 2.46. The van der Waals surface area contributed by atoms with E-state index in [0.29, 0.717) is 11.4 Å². The maximum atomic E-state index is 8.78. The molecule has 0 spiro atoms. The van der Waals surface area contributed by atoms with Crippen molar-refractivity contribution in [1.29, 1.82) is 0 Å². The van der Waals surface area contributed by atoms with E-state index < -0.39 is 0 Å². The molecule has 0 aliphatic rings. The van der Waals surface area contributed by atoms with Gasteiger partial charge in [-0.25, -0.2) is 9.97 Å². The molecule has 0 aliphatic carbocycles. The number of hydrogen-bond acceptors (Lipinski definition) is 4. The second-order valence-electron chi connectivity index (χ2n) is 5.68.